The van der Waals surface area contributed by atoms with E-state index in [1.54, 1.807) is 13.3 Å². The standard InChI is InChI=1S/C27H32N4O4/c1-4-33-22-8-6-21(7-9-22)25-18-26(29-19-28-25)30-14-16-31(17-15-30)27(32)20(3)35-24-12-10-23(11-13-24)34-5-2/h6-13,18-20H,4-5,14-17H2,1-3H3. The highest BCUT2D eigenvalue weighted by Crippen LogP contribution is 2.24. The summed E-state index contributed by atoms with van der Waals surface area (Å²) in [6.07, 6.45) is 1.02. The van der Waals surface area contributed by atoms with Crippen molar-refractivity contribution in [3.63, 3.8) is 0 Å². The van der Waals surface area contributed by atoms with Gasteiger partial charge in [-0.05, 0) is 69.3 Å². The molecule has 0 aliphatic carbocycles. The van der Waals surface area contributed by atoms with Crippen LogP contribution in [0.1, 0.15) is 20.8 Å². The molecule has 1 unspecified atom stereocenters. The van der Waals surface area contributed by atoms with Crippen molar-refractivity contribution in [2.75, 3.05) is 44.3 Å². The molecule has 4 rings (SSSR count). The molecule has 0 radical (unpaired) electrons. The number of amides is 1. The van der Waals surface area contributed by atoms with Crippen LogP contribution in [-0.2, 0) is 4.79 Å². The van der Waals surface area contributed by atoms with Crippen LogP contribution in [0.3, 0.4) is 0 Å². The third-order valence-electron chi connectivity index (χ3n) is 5.82. The van der Waals surface area contributed by atoms with Crippen molar-refractivity contribution in [1.82, 2.24) is 14.9 Å². The van der Waals surface area contributed by atoms with Gasteiger partial charge >= 0.3 is 0 Å². The lowest BCUT2D eigenvalue weighted by Crippen LogP contribution is -2.52. The zero-order chi connectivity index (χ0) is 24.6. The number of rotatable bonds is 9. The van der Waals surface area contributed by atoms with Gasteiger partial charge in [0.15, 0.2) is 6.10 Å². The first-order valence-electron chi connectivity index (χ1n) is 12.1. The third-order valence-corrected chi connectivity index (χ3v) is 5.82. The quantitative estimate of drug-likeness (QED) is 0.461. The van der Waals surface area contributed by atoms with Crippen molar-refractivity contribution in [2.45, 2.75) is 26.9 Å². The van der Waals surface area contributed by atoms with Gasteiger partial charge in [-0.3, -0.25) is 4.79 Å². The molecule has 1 aliphatic heterocycles. The predicted octanol–water partition coefficient (Wildman–Crippen LogP) is 4.06. The second kappa shape index (κ2) is 11.6. The molecule has 1 atom stereocenters. The average molecular weight is 477 g/mol. The summed E-state index contributed by atoms with van der Waals surface area (Å²) >= 11 is 0. The Balaban J connectivity index is 1.32. The maximum absolute atomic E-state index is 13.0. The summed E-state index contributed by atoms with van der Waals surface area (Å²) in [5, 5.41) is 0. The minimum Gasteiger partial charge on any atom is -0.494 e. The second-order valence-electron chi connectivity index (χ2n) is 8.20. The molecule has 2 aromatic carbocycles. The van der Waals surface area contributed by atoms with Crippen LogP contribution in [0.5, 0.6) is 17.2 Å². The molecule has 1 saturated heterocycles. The van der Waals surface area contributed by atoms with Crippen LogP contribution >= 0.6 is 0 Å². The molecule has 8 heteroatoms. The van der Waals surface area contributed by atoms with Crippen molar-refractivity contribution in [3.8, 4) is 28.5 Å². The van der Waals surface area contributed by atoms with Crippen molar-refractivity contribution >= 4 is 11.7 Å². The van der Waals surface area contributed by atoms with E-state index in [2.05, 4.69) is 14.9 Å². The lowest BCUT2D eigenvalue weighted by molar-refractivity contribution is -0.138. The van der Waals surface area contributed by atoms with Crippen LogP contribution in [0, 0.1) is 0 Å². The van der Waals surface area contributed by atoms with E-state index in [-0.39, 0.29) is 5.91 Å². The van der Waals surface area contributed by atoms with E-state index in [0.717, 1.165) is 28.6 Å². The zero-order valence-corrected chi connectivity index (χ0v) is 20.5. The Bertz CT molecular complexity index is 1100. The highest BCUT2D eigenvalue weighted by atomic mass is 16.5. The number of carbonyl (C=O) groups is 1. The van der Waals surface area contributed by atoms with Crippen molar-refractivity contribution in [3.05, 3.63) is 60.9 Å². The Morgan fingerprint density at radius 1 is 0.857 bits per heavy atom. The summed E-state index contributed by atoms with van der Waals surface area (Å²) in [7, 11) is 0. The fourth-order valence-electron chi connectivity index (χ4n) is 4.02. The predicted molar refractivity (Wildman–Crippen MR) is 135 cm³/mol. The largest absolute Gasteiger partial charge is 0.494 e. The highest BCUT2D eigenvalue weighted by molar-refractivity contribution is 5.81. The fraction of sp³-hybridized carbons (Fsp3) is 0.370. The monoisotopic (exact) mass is 476 g/mol. The molecule has 0 saturated carbocycles. The molecule has 3 aromatic rings. The van der Waals surface area contributed by atoms with Gasteiger partial charge in [0.2, 0.25) is 0 Å². The molecule has 1 amide bonds. The summed E-state index contributed by atoms with van der Waals surface area (Å²) in [6.45, 7) is 9.55. The van der Waals surface area contributed by atoms with Gasteiger partial charge in [-0.15, -0.1) is 0 Å². The van der Waals surface area contributed by atoms with E-state index in [0.29, 0.717) is 45.1 Å². The van der Waals surface area contributed by atoms with Crippen LogP contribution in [-0.4, -0.2) is 66.3 Å². The van der Waals surface area contributed by atoms with Gasteiger partial charge in [-0.25, -0.2) is 9.97 Å². The summed E-state index contributed by atoms with van der Waals surface area (Å²) in [5.74, 6) is 3.11. The van der Waals surface area contributed by atoms with Crippen LogP contribution in [0.15, 0.2) is 60.9 Å². The normalized spacial score (nSPS) is 14.4. The number of hydrogen-bond acceptors (Lipinski definition) is 7. The first-order chi connectivity index (χ1) is 17.1. The molecule has 8 nitrogen and oxygen atoms in total. The minimum absolute atomic E-state index is 0.0173. The smallest absolute Gasteiger partial charge is 0.263 e. The van der Waals surface area contributed by atoms with Crippen molar-refractivity contribution < 1.29 is 19.0 Å². The highest BCUT2D eigenvalue weighted by Gasteiger charge is 2.26. The Hall–Kier alpha value is -3.81. The van der Waals surface area contributed by atoms with Gasteiger partial charge in [0.05, 0.1) is 18.9 Å². The molecule has 2 heterocycles. The molecule has 1 aromatic heterocycles. The molecule has 1 aliphatic rings. The van der Waals surface area contributed by atoms with Gasteiger partial charge in [0.1, 0.15) is 29.4 Å². The van der Waals surface area contributed by atoms with E-state index in [1.165, 1.54) is 0 Å². The number of aromatic nitrogens is 2. The molecule has 35 heavy (non-hydrogen) atoms. The Morgan fingerprint density at radius 2 is 1.43 bits per heavy atom. The van der Waals surface area contributed by atoms with Gasteiger partial charge in [0, 0.05) is 37.8 Å². The summed E-state index contributed by atoms with van der Waals surface area (Å²) in [6, 6.07) is 17.2. The van der Waals surface area contributed by atoms with Gasteiger partial charge in [-0.2, -0.15) is 0 Å². The molecular weight excluding hydrogens is 444 g/mol. The van der Waals surface area contributed by atoms with Crippen LogP contribution in [0.25, 0.3) is 11.3 Å². The number of benzene rings is 2. The number of carbonyl (C=O) groups excluding carboxylic acids is 1. The molecule has 0 N–H and O–H groups in total. The zero-order valence-electron chi connectivity index (χ0n) is 20.5. The van der Waals surface area contributed by atoms with E-state index in [4.69, 9.17) is 14.2 Å². The molecule has 184 valence electrons. The molecule has 0 spiro atoms. The van der Waals surface area contributed by atoms with E-state index in [9.17, 15) is 4.79 Å². The number of nitrogens with zero attached hydrogens (tertiary/aromatic N) is 4. The maximum Gasteiger partial charge on any atom is 0.263 e. The summed E-state index contributed by atoms with van der Waals surface area (Å²) in [5.41, 5.74) is 1.86. The van der Waals surface area contributed by atoms with Crippen molar-refractivity contribution in [1.29, 1.82) is 0 Å². The van der Waals surface area contributed by atoms with E-state index in [1.807, 2.05) is 73.3 Å². The Labute approximate surface area is 206 Å². The number of anilines is 1. The van der Waals surface area contributed by atoms with E-state index < -0.39 is 6.10 Å². The lowest BCUT2D eigenvalue weighted by atomic mass is 10.1. The average Bonchev–Trinajstić information content (AvgIpc) is 2.90. The molecule has 1 fully saturated rings. The van der Waals surface area contributed by atoms with Crippen LogP contribution in [0.4, 0.5) is 5.82 Å². The minimum atomic E-state index is -0.565. The number of hydrogen-bond donors (Lipinski definition) is 0. The van der Waals surface area contributed by atoms with E-state index >= 15 is 0 Å². The Morgan fingerprint density at radius 3 is 2.03 bits per heavy atom. The SMILES string of the molecule is CCOc1ccc(OC(C)C(=O)N2CCN(c3cc(-c4ccc(OCC)cc4)ncn3)CC2)cc1. The maximum atomic E-state index is 13.0. The van der Waals surface area contributed by atoms with Gasteiger partial charge in [0.25, 0.3) is 5.91 Å². The van der Waals surface area contributed by atoms with Crippen LogP contribution < -0.4 is 19.1 Å². The van der Waals surface area contributed by atoms with Crippen LogP contribution in [0.2, 0.25) is 0 Å². The molecule has 0 bridgehead atoms. The fourth-order valence-corrected chi connectivity index (χ4v) is 4.02. The Kier molecular flexibility index (Phi) is 8.03. The van der Waals surface area contributed by atoms with Gasteiger partial charge in [-0.1, -0.05) is 0 Å². The second-order valence-corrected chi connectivity index (χ2v) is 8.20. The first kappa shape index (κ1) is 24.3. The van der Waals surface area contributed by atoms with Crippen molar-refractivity contribution in [2.24, 2.45) is 0 Å². The molecular formula is C27H32N4O4. The third kappa shape index (κ3) is 6.20. The lowest BCUT2D eigenvalue weighted by Gasteiger charge is -2.36. The van der Waals surface area contributed by atoms with Gasteiger partial charge < -0.3 is 24.0 Å². The number of ether oxygens (including phenoxy) is 3. The summed E-state index contributed by atoms with van der Waals surface area (Å²) in [4.78, 5) is 25.9. The number of piperazine rings is 1. The summed E-state index contributed by atoms with van der Waals surface area (Å²) < 4.78 is 16.8. The first-order valence-corrected chi connectivity index (χ1v) is 12.1. The topological polar surface area (TPSA) is 77.0 Å².